The number of nitrogens with zero attached hydrogens (tertiary/aromatic N) is 5. The molecule has 10 nitrogen and oxygen atoms in total. The van der Waals surface area contributed by atoms with Crippen LogP contribution in [0.1, 0.15) is 56.3 Å². The molecule has 4 saturated carbocycles. The molecule has 4 bridgehead atoms. The van der Waals surface area contributed by atoms with Crippen LogP contribution in [0.4, 0.5) is 4.79 Å². The van der Waals surface area contributed by atoms with Crippen LogP contribution in [0.15, 0.2) is 30.7 Å². The maximum Gasteiger partial charge on any atom is 0.405 e. The van der Waals surface area contributed by atoms with Gasteiger partial charge in [0.1, 0.15) is 11.2 Å². The van der Waals surface area contributed by atoms with Gasteiger partial charge in [-0.2, -0.15) is 10.2 Å². The van der Waals surface area contributed by atoms with Crippen molar-refractivity contribution in [1.82, 2.24) is 24.9 Å². The maximum atomic E-state index is 13.6. The highest BCUT2D eigenvalue weighted by molar-refractivity contribution is 5.97. The van der Waals surface area contributed by atoms with E-state index in [9.17, 15) is 9.59 Å². The van der Waals surface area contributed by atoms with Gasteiger partial charge < -0.3 is 20.6 Å². The lowest BCUT2D eigenvalue weighted by Crippen LogP contribution is -2.63. The Morgan fingerprint density at radius 3 is 2.69 bits per heavy atom. The number of rotatable bonds is 7. The SMILES string of the molecule is [C-]#[N+]CC(C)(C)/C=C/n1ncc(C(=O)NC2C3CC4CC2CC(OC(N)=O)(C4)C3)c1-n1cccn1. The first-order valence-electron chi connectivity index (χ1n) is 12.1. The average molecular weight is 478 g/mol. The topological polar surface area (TPSA) is 121 Å². The van der Waals surface area contributed by atoms with Crippen molar-refractivity contribution < 1.29 is 14.3 Å². The Hall–Kier alpha value is -3.61. The van der Waals surface area contributed by atoms with Gasteiger partial charge in [-0.25, -0.2) is 20.7 Å². The normalized spacial score (nSPS) is 29.3. The molecule has 0 radical (unpaired) electrons. The molecule has 2 aromatic rings. The summed E-state index contributed by atoms with van der Waals surface area (Å²) < 4.78 is 8.86. The van der Waals surface area contributed by atoms with Crippen molar-refractivity contribution in [2.24, 2.45) is 28.9 Å². The summed E-state index contributed by atoms with van der Waals surface area (Å²) in [6.45, 7) is 11.5. The van der Waals surface area contributed by atoms with E-state index in [-0.39, 0.29) is 29.2 Å². The Bertz CT molecular complexity index is 1170. The van der Waals surface area contributed by atoms with Gasteiger partial charge in [-0.1, -0.05) is 6.08 Å². The number of nitrogens with one attached hydrogen (secondary N) is 1. The first kappa shape index (κ1) is 23.1. The molecular formula is C25H31N7O3. The average Bonchev–Trinajstić information content (AvgIpc) is 3.43. The van der Waals surface area contributed by atoms with Crippen LogP contribution in [-0.4, -0.2) is 49.7 Å². The van der Waals surface area contributed by atoms with Crippen LogP contribution in [0.3, 0.4) is 0 Å². The first-order valence-corrected chi connectivity index (χ1v) is 12.1. The second-order valence-corrected chi connectivity index (χ2v) is 11.0. The zero-order valence-electron chi connectivity index (χ0n) is 20.1. The molecule has 4 aliphatic carbocycles. The number of hydrogen-bond donors (Lipinski definition) is 2. The lowest BCUT2D eigenvalue weighted by Gasteiger charge is -2.58. The predicted octanol–water partition coefficient (Wildman–Crippen LogP) is 3.26. The molecule has 0 spiro atoms. The van der Waals surface area contributed by atoms with Crippen molar-refractivity contribution in [1.29, 1.82) is 0 Å². The third-order valence-electron chi connectivity index (χ3n) is 7.72. The standard InChI is InChI=1S/C25H31N7O3/c1-24(2,15-27-3)5-8-32-22(31-7-4-6-28-31)19(14-29-32)21(33)30-20-17-9-16-10-18(20)13-25(11-16,12-17)35-23(26)34/h4-8,14,16-18,20H,9-13,15H2,1-2H3,(H2,26,34)(H,30,33)/b8-5+. The minimum absolute atomic E-state index is 0.0191. The highest BCUT2D eigenvalue weighted by Crippen LogP contribution is 2.57. The van der Waals surface area contributed by atoms with E-state index in [1.807, 2.05) is 19.9 Å². The molecule has 2 atom stereocenters. The molecule has 6 rings (SSSR count). The number of carbonyl (C=O) groups is 2. The Labute approximate surface area is 204 Å². The molecule has 10 heteroatoms. The summed E-state index contributed by atoms with van der Waals surface area (Å²) in [4.78, 5) is 28.6. The maximum absolute atomic E-state index is 13.6. The minimum Gasteiger partial charge on any atom is -0.443 e. The second kappa shape index (κ2) is 8.56. The molecular weight excluding hydrogens is 446 g/mol. The summed E-state index contributed by atoms with van der Waals surface area (Å²) in [5.74, 6) is 1.35. The Balaban J connectivity index is 1.39. The number of hydrogen-bond acceptors (Lipinski definition) is 5. The Kier molecular flexibility index (Phi) is 5.66. The zero-order chi connectivity index (χ0) is 24.8. The molecule has 35 heavy (non-hydrogen) atoms. The van der Waals surface area contributed by atoms with Crippen LogP contribution in [0.25, 0.3) is 16.9 Å². The number of ether oxygens (including phenoxy) is 1. The zero-order valence-corrected chi connectivity index (χ0v) is 20.1. The monoisotopic (exact) mass is 477 g/mol. The third-order valence-corrected chi connectivity index (χ3v) is 7.72. The predicted molar refractivity (Wildman–Crippen MR) is 128 cm³/mol. The quantitative estimate of drug-likeness (QED) is 0.593. The summed E-state index contributed by atoms with van der Waals surface area (Å²) in [5, 5.41) is 12.1. The van der Waals surface area contributed by atoms with Crippen LogP contribution < -0.4 is 11.1 Å². The number of amides is 2. The van der Waals surface area contributed by atoms with Crippen LogP contribution in [-0.2, 0) is 4.74 Å². The van der Waals surface area contributed by atoms with E-state index < -0.39 is 11.7 Å². The first-order chi connectivity index (χ1) is 16.7. The fourth-order valence-corrected chi connectivity index (χ4v) is 6.53. The number of aromatic nitrogens is 4. The smallest absolute Gasteiger partial charge is 0.405 e. The molecule has 184 valence electrons. The third kappa shape index (κ3) is 4.43. The summed E-state index contributed by atoms with van der Waals surface area (Å²) in [6.07, 6.45) is 12.4. The van der Waals surface area contributed by atoms with Gasteiger partial charge in [0.2, 0.25) is 6.54 Å². The van der Waals surface area contributed by atoms with E-state index in [0.29, 0.717) is 23.8 Å². The molecule has 4 fully saturated rings. The van der Waals surface area contributed by atoms with E-state index in [0.717, 1.165) is 32.1 Å². The van der Waals surface area contributed by atoms with Gasteiger partial charge in [-0.05, 0) is 69.8 Å². The fraction of sp³-hybridized carbons (Fsp3) is 0.560. The second-order valence-electron chi connectivity index (χ2n) is 11.0. The van der Waals surface area contributed by atoms with Gasteiger partial charge in [0.15, 0.2) is 5.82 Å². The minimum atomic E-state index is -0.712. The van der Waals surface area contributed by atoms with E-state index in [1.54, 1.807) is 40.2 Å². The molecule has 4 aliphatic rings. The van der Waals surface area contributed by atoms with Gasteiger partial charge >= 0.3 is 6.09 Å². The summed E-state index contributed by atoms with van der Waals surface area (Å²) >= 11 is 0. The van der Waals surface area contributed by atoms with Gasteiger partial charge in [0.25, 0.3) is 5.91 Å². The van der Waals surface area contributed by atoms with Crippen molar-refractivity contribution >= 4 is 18.2 Å². The molecule has 0 aliphatic heterocycles. The lowest BCUT2D eigenvalue weighted by molar-refractivity contribution is -0.137. The van der Waals surface area contributed by atoms with E-state index >= 15 is 0 Å². The number of primary amides is 1. The van der Waals surface area contributed by atoms with Gasteiger partial charge in [0, 0.05) is 24.6 Å². The molecule has 0 aromatic carbocycles. The number of carbonyl (C=O) groups excluding carboxylic acids is 2. The van der Waals surface area contributed by atoms with E-state index in [1.165, 1.54) is 0 Å². The van der Waals surface area contributed by atoms with Gasteiger partial charge in [-0.3, -0.25) is 4.79 Å². The molecule has 2 unspecified atom stereocenters. The van der Waals surface area contributed by atoms with Crippen molar-refractivity contribution in [2.75, 3.05) is 6.54 Å². The molecule has 2 heterocycles. The van der Waals surface area contributed by atoms with Crippen molar-refractivity contribution in [2.45, 2.75) is 57.6 Å². The van der Waals surface area contributed by atoms with Crippen molar-refractivity contribution in [3.63, 3.8) is 0 Å². The van der Waals surface area contributed by atoms with E-state index in [2.05, 4.69) is 20.4 Å². The highest BCUT2D eigenvalue weighted by atomic mass is 16.6. The molecule has 3 N–H and O–H groups in total. The summed E-state index contributed by atoms with van der Waals surface area (Å²) in [6, 6.07) is 1.81. The summed E-state index contributed by atoms with van der Waals surface area (Å²) in [5.41, 5.74) is 4.99. The largest absolute Gasteiger partial charge is 0.443 e. The highest BCUT2D eigenvalue weighted by Gasteiger charge is 2.57. The molecule has 2 amide bonds. The molecule has 0 saturated heterocycles. The van der Waals surface area contributed by atoms with Crippen LogP contribution in [0, 0.1) is 29.7 Å². The van der Waals surface area contributed by atoms with E-state index in [4.69, 9.17) is 17.0 Å². The van der Waals surface area contributed by atoms with Crippen LogP contribution >= 0.6 is 0 Å². The lowest BCUT2D eigenvalue weighted by atomic mass is 9.52. The van der Waals surface area contributed by atoms with Crippen molar-refractivity contribution in [3.05, 3.63) is 47.7 Å². The van der Waals surface area contributed by atoms with Crippen molar-refractivity contribution in [3.8, 4) is 5.82 Å². The van der Waals surface area contributed by atoms with Gasteiger partial charge in [-0.15, -0.1) is 0 Å². The summed E-state index contributed by atoms with van der Waals surface area (Å²) in [7, 11) is 0. The molecule has 2 aromatic heterocycles. The Morgan fingerprint density at radius 1 is 1.31 bits per heavy atom. The Morgan fingerprint density at radius 2 is 2.06 bits per heavy atom. The van der Waals surface area contributed by atoms with Crippen LogP contribution in [0.2, 0.25) is 0 Å². The van der Waals surface area contributed by atoms with Gasteiger partial charge in [0.05, 0.1) is 11.6 Å². The van der Waals surface area contributed by atoms with Crippen LogP contribution in [0.5, 0.6) is 0 Å². The fourth-order valence-electron chi connectivity index (χ4n) is 6.53. The number of nitrogens with two attached hydrogens (primary N) is 1.